The largest absolute Gasteiger partial charge is 0.387 e. The van der Waals surface area contributed by atoms with Crippen LogP contribution in [0.4, 0.5) is 0 Å². The lowest BCUT2D eigenvalue weighted by molar-refractivity contribution is 0.174. The minimum atomic E-state index is -0.448. The molecule has 2 nitrogen and oxygen atoms in total. The highest BCUT2D eigenvalue weighted by Gasteiger charge is 2.06. The van der Waals surface area contributed by atoms with E-state index in [1.54, 1.807) is 0 Å². The van der Waals surface area contributed by atoms with Crippen LogP contribution in [0, 0.1) is 0 Å². The third-order valence-corrected chi connectivity index (χ3v) is 4.05. The second-order valence-electron chi connectivity index (χ2n) is 5.75. The summed E-state index contributed by atoms with van der Waals surface area (Å²) in [4.78, 5) is 0. The minimum Gasteiger partial charge on any atom is -0.387 e. The Morgan fingerprint density at radius 3 is 2.14 bits per heavy atom. The third kappa shape index (κ3) is 9.13. The molecule has 120 valence electrons. The Balaban J connectivity index is 1.95. The molecule has 2 N–H and O–H groups in total. The summed E-state index contributed by atoms with van der Waals surface area (Å²) in [5.41, 5.74) is 0.919. The summed E-state index contributed by atoms with van der Waals surface area (Å²) >= 11 is 5.83. The normalized spacial score (nSPS) is 12.5. The molecule has 0 fully saturated rings. The number of aliphatic hydroxyl groups is 1. The van der Waals surface area contributed by atoms with Gasteiger partial charge >= 0.3 is 0 Å². The fourth-order valence-electron chi connectivity index (χ4n) is 2.43. The topological polar surface area (TPSA) is 32.3 Å². The molecule has 1 unspecified atom stereocenters. The van der Waals surface area contributed by atoms with E-state index in [9.17, 15) is 5.11 Å². The summed E-state index contributed by atoms with van der Waals surface area (Å²) in [5.74, 6) is 0. The van der Waals surface area contributed by atoms with E-state index in [0.717, 1.165) is 12.1 Å². The van der Waals surface area contributed by atoms with Crippen LogP contribution in [0.5, 0.6) is 0 Å². The molecule has 0 aliphatic rings. The zero-order chi connectivity index (χ0) is 15.3. The molecule has 0 radical (unpaired) electrons. The Hall–Kier alpha value is -0.570. The summed E-state index contributed by atoms with van der Waals surface area (Å²) in [7, 11) is 0. The van der Waals surface area contributed by atoms with Crippen molar-refractivity contribution in [3.05, 3.63) is 34.9 Å². The zero-order valence-corrected chi connectivity index (χ0v) is 14.0. The first-order valence-electron chi connectivity index (χ1n) is 8.38. The van der Waals surface area contributed by atoms with Gasteiger partial charge in [0.25, 0.3) is 0 Å². The van der Waals surface area contributed by atoms with Gasteiger partial charge in [0.2, 0.25) is 0 Å². The van der Waals surface area contributed by atoms with E-state index in [-0.39, 0.29) is 0 Å². The molecule has 0 aliphatic carbocycles. The maximum absolute atomic E-state index is 10.0. The predicted octanol–water partition coefficient (Wildman–Crippen LogP) is 5.10. The Morgan fingerprint density at radius 2 is 1.52 bits per heavy atom. The first-order chi connectivity index (χ1) is 10.2. The van der Waals surface area contributed by atoms with Crippen LogP contribution in [0.3, 0.4) is 0 Å². The highest BCUT2D eigenvalue weighted by Crippen LogP contribution is 2.15. The van der Waals surface area contributed by atoms with Crippen molar-refractivity contribution in [2.75, 3.05) is 13.1 Å². The number of benzene rings is 1. The van der Waals surface area contributed by atoms with E-state index in [1.807, 2.05) is 24.3 Å². The molecule has 0 heterocycles. The molecule has 3 heteroatoms. The van der Waals surface area contributed by atoms with Gasteiger partial charge in [-0.25, -0.2) is 0 Å². The van der Waals surface area contributed by atoms with Crippen molar-refractivity contribution in [2.45, 2.75) is 64.4 Å². The van der Waals surface area contributed by atoms with Crippen LogP contribution in [-0.4, -0.2) is 18.2 Å². The van der Waals surface area contributed by atoms with Crippen LogP contribution < -0.4 is 5.32 Å². The van der Waals surface area contributed by atoms with E-state index in [0.29, 0.717) is 11.6 Å². The summed E-state index contributed by atoms with van der Waals surface area (Å²) < 4.78 is 0. The number of rotatable bonds is 12. The van der Waals surface area contributed by atoms with E-state index >= 15 is 0 Å². The lowest BCUT2D eigenvalue weighted by Crippen LogP contribution is -2.22. The van der Waals surface area contributed by atoms with Crippen LogP contribution in [0.2, 0.25) is 5.02 Å². The lowest BCUT2D eigenvalue weighted by atomic mass is 10.1. The van der Waals surface area contributed by atoms with E-state index in [2.05, 4.69) is 12.2 Å². The monoisotopic (exact) mass is 311 g/mol. The molecule has 1 aromatic rings. The van der Waals surface area contributed by atoms with Crippen LogP contribution in [0.25, 0.3) is 0 Å². The molecule has 1 aromatic carbocycles. The van der Waals surface area contributed by atoms with Gasteiger partial charge in [-0.15, -0.1) is 0 Å². The van der Waals surface area contributed by atoms with Crippen molar-refractivity contribution < 1.29 is 5.11 Å². The molecule has 0 aliphatic heterocycles. The van der Waals surface area contributed by atoms with Gasteiger partial charge in [-0.05, 0) is 30.7 Å². The van der Waals surface area contributed by atoms with Crippen molar-refractivity contribution in [1.82, 2.24) is 5.32 Å². The molecular formula is C18H30ClNO. The highest BCUT2D eigenvalue weighted by molar-refractivity contribution is 6.30. The Morgan fingerprint density at radius 1 is 0.952 bits per heavy atom. The molecule has 0 aromatic heterocycles. The molecule has 0 spiro atoms. The van der Waals surface area contributed by atoms with Crippen LogP contribution in [0.15, 0.2) is 24.3 Å². The van der Waals surface area contributed by atoms with Crippen molar-refractivity contribution in [2.24, 2.45) is 0 Å². The maximum atomic E-state index is 10.0. The molecular weight excluding hydrogens is 282 g/mol. The minimum absolute atomic E-state index is 0.448. The SMILES string of the molecule is CCCCCCCCCCNCC(O)c1ccc(Cl)cc1. The third-order valence-electron chi connectivity index (χ3n) is 3.80. The number of unbranched alkanes of at least 4 members (excludes halogenated alkanes) is 7. The highest BCUT2D eigenvalue weighted by atomic mass is 35.5. The predicted molar refractivity (Wildman–Crippen MR) is 91.9 cm³/mol. The average Bonchev–Trinajstić information content (AvgIpc) is 2.49. The summed E-state index contributed by atoms with van der Waals surface area (Å²) in [5, 5.41) is 14.1. The second-order valence-corrected chi connectivity index (χ2v) is 6.18. The number of hydrogen-bond donors (Lipinski definition) is 2. The van der Waals surface area contributed by atoms with Gasteiger partial charge in [-0.1, -0.05) is 75.6 Å². The number of halogens is 1. The fraction of sp³-hybridized carbons (Fsp3) is 0.667. The van der Waals surface area contributed by atoms with Crippen LogP contribution >= 0.6 is 11.6 Å². The molecule has 0 amide bonds. The Bertz CT molecular complexity index is 353. The van der Waals surface area contributed by atoms with Gasteiger partial charge in [0.05, 0.1) is 6.10 Å². The second kappa shape index (κ2) is 12.0. The molecule has 21 heavy (non-hydrogen) atoms. The van der Waals surface area contributed by atoms with Crippen LogP contribution in [-0.2, 0) is 0 Å². The van der Waals surface area contributed by atoms with Crippen molar-refractivity contribution in [3.63, 3.8) is 0 Å². The van der Waals surface area contributed by atoms with Gasteiger partial charge in [0, 0.05) is 11.6 Å². The number of aliphatic hydroxyl groups excluding tert-OH is 1. The first-order valence-corrected chi connectivity index (χ1v) is 8.76. The van der Waals surface area contributed by atoms with Crippen LogP contribution in [0.1, 0.15) is 70.0 Å². The number of nitrogens with one attached hydrogen (secondary N) is 1. The van der Waals surface area contributed by atoms with Gasteiger partial charge in [-0.3, -0.25) is 0 Å². The van der Waals surface area contributed by atoms with Crippen molar-refractivity contribution in [1.29, 1.82) is 0 Å². The fourth-order valence-corrected chi connectivity index (χ4v) is 2.55. The van der Waals surface area contributed by atoms with Gasteiger partial charge in [-0.2, -0.15) is 0 Å². The Labute approximate surface area is 134 Å². The smallest absolute Gasteiger partial charge is 0.0914 e. The summed E-state index contributed by atoms with van der Waals surface area (Å²) in [6.07, 6.45) is 10.2. The van der Waals surface area contributed by atoms with Gasteiger partial charge in [0.1, 0.15) is 0 Å². The Kier molecular flexibility index (Phi) is 10.6. The maximum Gasteiger partial charge on any atom is 0.0914 e. The first kappa shape index (κ1) is 18.5. The average molecular weight is 312 g/mol. The van der Waals surface area contributed by atoms with E-state index < -0.39 is 6.10 Å². The van der Waals surface area contributed by atoms with E-state index in [1.165, 1.54) is 51.4 Å². The zero-order valence-electron chi connectivity index (χ0n) is 13.3. The van der Waals surface area contributed by atoms with Crippen molar-refractivity contribution in [3.8, 4) is 0 Å². The quantitative estimate of drug-likeness (QED) is 0.526. The summed E-state index contributed by atoms with van der Waals surface area (Å²) in [6.45, 7) is 3.85. The molecule has 0 bridgehead atoms. The lowest BCUT2D eigenvalue weighted by Gasteiger charge is -2.12. The number of hydrogen-bond acceptors (Lipinski definition) is 2. The van der Waals surface area contributed by atoms with Gasteiger partial charge < -0.3 is 10.4 Å². The van der Waals surface area contributed by atoms with Gasteiger partial charge in [0.15, 0.2) is 0 Å². The summed E-state index contributed by atoms with van der Waals surface area (Å²) in [6, 6.07) is 7.40. The van der Waals surface area contributed by atoms with E-state index in [4.69, 9.17) is 11.6 Å². The standard InChI is InChI=1S/C18H30ClNO/c1-2-3-4-5-6-7-8-9-14-20-15-18(21)16-10-12-17(19)13-11-16/h10-13,18,20-21H,2-9,14-15H2,1H3. The molecule has 1 atom stereocenters. The molecule has 0 saturated heterocycles. The molecule has 0 saturated carbocycles. The molecule has 1 rings (SSSR count). The van der Waals surface area contributed by atoms with Crippen molar-refractivity contribution >= 4 is 11.6 Å².